The molecule has 0 rings (SSSR count). The molecule has 0 saturated carbocycles. The van der Waals surface area contributed by atoms with Gasteiger partial charge in [-0.3, -0.25) is 4.57 Å². The summed E-state index contributed by atoms with van der Waals surface area (Å²) in [5.41, 5.74) is 0. The van der Waals surface area contributed by atoms with E-state index in [0.29, 0.717) is 6.16 Å². The molecule has 0 aliphatic rings. The molecule has 0 amide bonds. The van der Waals surface area contributed by atoms with Crippen LogP contribution in [0, 0.1) is 0 Å². The fourth-order valence-electron chi connectivity index (χ4n) is 0.276. The minimum absolute atomic E-state index is 0.368. The van der Waals surface area contributed by atoms with Crippen molar-refractivity contribution in [3.05, 3.63) is 0 Å². The monoisotopic (exact) mass is 186 g/mol. The molecule has 0 aromatic carbocycles. The van der Waals surface area contributed by atoms with Crippen LogP contribution >= 0.6 is 21.6 Å². The summed E-state index contributed by atoms with van der Waals surface area (Å²) in [6.07, 6.45) is -1.74. The van der Waals surface area contributed by atoms with Crippen molar-refractivity contribution in [1.82, 2.24) is 0 Å². The summed E-state index contributed by atoms with van der Waals surface area (Å²) < 4.78 is 10.3. The SMILES string of the molecule is CCCP(=O)(O)Br. The van der Waals surface area contributed by atoms with E-state index in [9.17, 15) is 4.57 Å². The zero-order valence-corrected chi connectivity index (χ0v) is 6.58. The van der Waals surface area contributed by atoms with Gasteiger partial charge < -0.3 is 4.89 Å². The maximum absolute atomic E-state index is 10.3. The molecule has 1 unspecified atom stereocenters. The molecule has 0 aromatic heterocycles. The largest absolute Gasteiger partial charge is 0.337 e. The van der Waals surface area contributed by atoms with Crippen molar-refractivity contribution < 1.29 is 9.46 Å². The number of hydrogen-bond donors (Lipinski definition) is 1. The van der Waals surface area contributed by atoms with Crippen LogP contribution in [-0.4, -0.2) is 11.1 Å². The fraction of sp³-hybridized carbons (Fsp3) is 1.00. The van der Waals surface area contributed by atoms with Gasteiger partial charge in [-0.2, -0.15) is 0 Å². The number of rotatable bonds is 2. The van der Waals surface area contributed by atoms with Crippen LogP contribution in [0.4, 0.5) is 0 Å². The Morgan fingerprint density at radius 3 is 2.29 bits per heavy atom. The highest BCUT2D eigenvalue weighted by molar-refractivity contribution is 9.39. The molecule has 1 atom stereocenters. The molecule has 7 heavy (non-hydrogen) atoms. The van der Waals surface area contributed by atoms with Crippen LogP contribution in [-0.2, 0) is 4.57 Å². The van der Waals surface area contributed by atoms with Crippen molar-refractivity contribution in [2.24, 2.45) is 0 Å². The first-order chi connectivity index (χ1) is 3.06. The highest BCUT2D eigenvalue weighted by Gasteiger charge is 2.08. The standard InChI is InChI=1S/C3H8BrO2P/c1-2-3-7(4,5)6/h2-3H2,1H3,(H,5,6). The lowest BCUT2D eigenvalue weighted by Crippen LogP contribution is -1.75. The van der Waals surface area contributed by atoms with Crippen LogP contribution in [0.3, 0.4) is 0 Å². The van der Waals surface area contributed by atoms with Crippen LogP contribution in [0.5, 0.6) is 0 Å². The average molecular weight is 187 g/mol. The molecular weight excluding hydrogens is 179 g/mol. The van der Waals surface area contributed by atoms with Gasteiger partial charge in [-0.1, -0.05) is 6.92 Å². The van der Waals surface area contributed by atoms with Gasteiger partial charge in [0.15, 0.2) is 0 Å². The summed E-state index contributed by atoms with van der Waals surface area (Å²) in [7, 11) is 0. The molecule has 1 N–H and O–H groups in total. The molecule has 44 valence electrons. The summed E-state index contributed by atoms with van der Waals surface area (Å²) in [6.45, 7) is 1.87. The van der Waals surface area contributed by atoms with Crippen LogP contribution < -0.4 is 0 Å². The number of halogens is 1. The average Bonchev–Trinajstić information content (AvgIpc) is 1.30. The van der Waals surface area contributed by atoms with Gasteiger partial charge in [0.25, 0.3) is 6.07 Å². The van der Waals surface area contributed by atoms with Gasteiger partial charge in [0.05, 0.1) is 0 Å². The molecule has 0 spiro atoms. The second-order valence-corrected chi connectivity index (χ2v) is 6.34. The summed E-state index contributed by atoms with van der Waals surface area (Å²) in [6, 6.07) is 0. The highest BCUT2D eigenvalue weighted by atomic mass is 79.9. The third-order valence-corrected chi connectivity index (χ3v) is 2.56. The van der Waals surface area contributed by atoms with E-state index in [1.807, 2.05) is 6.92 Å². The first-order valence-electron chi connectivity index (χ1n) is 2.07. The van der Waals surface area contributed by atoms with E-state index in [0.717, 1.165) is 6.42 Å². The van der Waals surface area contributed by atoms with Crippen molar-refractivity contribution >= 4 is 21.6 Å². The van der Waals surface area contributed by atoms with Crippen LogP contribution in [0.2, 0.25) is 0 Å². The Morgan fingerprint density at radius 1 is 1.86 bits per heavy atom. The second-order valence-electron chi connectivity index (χ2n) is 1.34. The maximum atomic E-state index is 10.3. The smallest absolute Gasteiger partial charge is 0.263 e. The van der Waals surface area contributed by atoms with Crippen molar-refractivity contribution in [2.75, 3.05) is 6.16 Å². The minimum Gasteiger partial charge on any atom is -0.337 e. The third kappa shape index (κ3) is 6.67. The predicted molar refractivity (Wildman–Crippen MR) is 33.9 cm³/mol. The van der Waals surface area contributed by atoms with Crippen molar-refractivity contribution in [3.8, 4) is 0 Å². The molecule has 2 nitrogen and oxygen atoms in total. The first kappa shape index (κ1) is 7.67. The quantitative estimate of drug-likeness (QED) is 0.671. The Bertz CT molecular complexity index is 86.9. The number of hydrogen-bond acceptors (Lipinski definition) is 1. The van der Waals surface area contributed by atoms with Gasteiger partial charge in [-0.05, 0) is 6.42 Å². The van der Waals surface area contributed by atoms with E-state index in [1.165, 1.54) is 0 Å². The van der Waals surface area contributed by atoms with Gasteiger partial charge in [0.1, 0.15) is 0 Å². The van der Waals surface area contributed by atoms with Crippen LogP contribution in [0.1, 0.15) is 13.3 Å². The predicted octanol–water partition coefficient (Wildman–Crippen LogP) is 1.98. The Hall–Kier alpha value is 0.670. The summed E-state index contributed by atoms with van der Waals surface area (Å²) in [5, 5.41) is 0. The van der Waals surface area contributed by atoms with E-state index in [4.69, 9.17) is 4.89 Å². The van der Waals surface area contributed by atoms with E-state index >= 15 is 0 Å². The van der Waals surface area contributed by atoms with Gasteiger partial charge >= 0.3 is 0 Å². The molecule has 0 radical (unpaired) electrons. The first-order valence-corrected chi connectivity index (χ1v) is 5.94. The van der Waals surface area contributed by atoms with Crippen molar-refractivity contribution in [2.45, 2.75) is 13.3 Å². The lowest BCUT2D eigenvalue weighted by molar-refractivity contribution is 0.497. The van der Waals surface area contributed by atoms with E-state index in [1.54, 1.807) is 0 Å². The van der Waals surface area contributed by atoms with Crippen LogP contribution in [0.15, 0.2) is 0 Å². The highest BCUT2D eigenvalue weighted by Crippen LogP contribution is 2.49. The zero-order valence-electron chi connectivity index (χ0n) is 4.09. The maximum Gasteiger partial charge on any atom is 0.263 e. The fourth-order valence-corrected chi connectivity index (χ4v) is 1.89. The Labute approximate surface area is 51.1 Å². The minimum atomic E-state index is -2.85. The molecule has 0 aliphatic carbocycles. The van der Waals surface area contributed by atoms with E-state index in [2.05, 4.69) is 15.5 Å². The molecule has 4 heteroatoms. The van der Waals surface area contributed by atoms with Crippen molar-refractivity contribution in [1.29, 1.82) is 0 Å². The lowest BCUT2D eigenvalue weighted by Gasteiger charge is -1.95. The lowest BCUT2D eigenvalue weighted by atomic mass is 10.6. The zero-order chi connectivity index (χ0) is 5.91. The topological polar surface area (TPSA) is 37.3 Å². The molecular formula is C3H8BrO2P. The molecule has 0 heterocycles. The van der Waals surface area contributed by atoms with E-state index in [-0.39, 0.29) is 0 Å². The Balaban J connectivity index is 3.36. The molecule has 0 bridgehead atoms. The van der Waals surface area contributed by atoms with Crippen LogP contribution in [0.25, 0.3) is 0 Å². The Morgan fingerprint density at radius 2 is 2.29 bits per heavy atom. The summed E-state index contributed by atoms with van der Waals surface area (Å²) >= 11 is 2.65. The summed E-state index contributed by atoms with van der Waals surface area (Å²) in [5.74, 6) is 0. The molecule has 0 aromatic rings. The summed E-state index contributed by atoms with van der Waals surface area (Å²) in [4.78, 5) is 8.49. The normalized spacial score (nSPS) is 18.7. The third-order valence-electron chi connectivity index (χ3n) is 0.499. The van der Waals surface area contributed by atoms with Gasteiger partial charge in [0, 0.05) is 21.7 Å². The van der Waals surface area contributed by atoms with Gasteiger partial charge in [0.2, 0.25) is 0 Å². The Kier molecular flexibility index (Phi) is 3.13. The molecule has 0 aliphatic heterocycles. The van der Waals surface area contributed by atoms with Gasteiger partial charge in [-0.25, -0.2) is 0 Å². The van der Waals surface area contributed by atoms with E-state index < -0.39 is 6.07 Å². The molecule has 0 fully saturated rings. The van der Waals surface area contributed by atoms with Gasteiger partial charge in [-0.15, -0.1) is 0 Å². The molecule has 0 saturated heterocycles. The van der Waals surface area contributed by atoms with Crippen molar-refractivity contribution in [3.63, 3.8) is 0 Å². The second kappa shape index (κ2) is 2.85.